The van der Waals surface area contributed by atoms with Crippen LogP contribution < -0.4 is 5.73 Å². The van der Waals surface area contributed by atoms with Crippen molar-refractivity contribution in [2.45, 2.75) is 134 Å². The first kappa shape index (κ1) is 31.7. The Kier molecular flexibility index (Phi) is 8.45. The Hall–Kier alpha value is -0.290. The molecule has 0 aromatic heterocycles. The molecule has 5 N–H and O–H groups in total. The van der Waals surface area contributed by atoms with E-state index in [1.807, 2.05) is 0 Å². The molecule has 8 nitrogen and oxygen atoms in total. The molecule has 7 aliphatic rings. The summed E-state index contributed by atoms with van der Waals surface area (Å²) in [5.41, 5.74) is 8.18. The lowest BCUT2D eigenvalue weighted by atomic mass is 9.47. The highest BCUT2D eigenvalue weighted by molar-refractivity contribution is 5.85. The Labute approximate surface area is 257 Å². The molecule has 9 heteroatoms. The molecule has 3 heterocycles. The third kappa shape index (κ3) is 4.60. The van der Waals surface area contributed by atoms with Gasteiger partial charge in [0.15, 0.2) is 12.1 Å². The topological polar surface area (TPSA) is 124 Å². The number of nitrogens with two attached hydrogens (primary N) is 1. The van der Waals surface area contributed by atoms with E-state index in [4.69, 9.17) is 24.7 Å². The van der Waals surface area contributed by atoms with Crippen molar-refractivity contribution in [3.8, 4) is 0 Å². The zero-order valence-electron chi connectivity index (χ0n) is 25.8. The lowest BCUT2D eigenvalue weighted by molar-refractivity contribution is -0.280. The monoisotopic (exact) mass is 611 g/mol. The Morgan fingerprint density at radius 3 is 2.55 bits per heavy atom. The molecule has 4 unspecified atom stereocenters. The van der Waals surface area contributed by atoms with Gasteiger partial charge in [-0.3, -0.25) is 0 Å². The van der Waals surface area contributed by atoms with E-state index in [9.17, 15) is 15.3 Å². The number of aliphatic hydroxyl groups is 3. The summed E-state index contributed by atoms with van der Waals surface area (Å²) in [6, 6.07) is -0.852. The van der Waals surface area contributed by atoms with Crippen LogP contribution in [0, 0.1) is 46.3 Å². The van der Waals surface area contributed by atoms with Crippen LogP contribution in [0.3, 0.4) is 0 Å². The van der Waals surface area contributed by atoms with Crippen LogP contribution in [0.15, 0.2) is 11.6 Å². The maximum Gasteiger partial charge on any atom is 0.176 e. The van der Waals surface area contributed by atoms with Gasteiger partial charge in [-0.25, -0.2) is 0 Å². The molecule has 3 aliphatic heterocycles. The minimum atomic E-state index is -1.22. The molecule has 0 aromatic rings. The molecular weight excluding hydrogens is 558 g/mol. The predicted octanol–water partition coefficient (Wildman–Crippen LogP) is 3.93. The van der Waals surface area contributed by atoms with E-state index in [1.54, 1.807) is 0 Å². The molecule has 0 aromatic carbocycles. The smallest absolute Gasteiger partial charge is 0.176 e. The molecular formula is C33H54ClNO7. The lowest BCUT2D eigenvalue weighted by Gasteiger charge is -2.58. The van der Waals surface area contributed by atoms with E-state index >= 15 is 0 Å². The fourth-order valence-corrected chi connectivity index (χ4v) is 11.2. The van der Waals surface area contributed by atoms with Crippen LogP contribution in [0.4, 0.5) is 0 Å². The lowest BCUT2D eigenvalue weighted by Crippen LogP contribution is -2.63. The van der Waals surface area contributed by atoms with Gasteiger partial charge in [0.1, 0.15) is 18.3 Å². The van der Waals surface area contributed by atoms with Crippen molar-refractivity contribution in [1.29, 1.82) is 0 Å². The maximum atomic E-state index is 10.4. The molecule has 16 atom stereocenters. The normalized spacial score (nSPS) is 57.0. The summed E-state index contributed by atoms with van der Waals surface area (Å²) < 4.78 is 25.6. The van der Waals surface area contributed by atoms with E-state index in [2.05, 4.69) is 33.8 Å². The molecule has 1 spiro atoms. The maximum absolute atomic E-state index is 10.4. The van der Waals surface area contributed by atoms with Crippen LogP contribution in [-0.2, 0) is 18.9 Å². The number of allylic oxidation sites excluding steroid dienone is 1. The summed E-state index contributed by atoms with van der Waals surface area (Å²) >= 11 is 0. The first-order chi connectivity index (χ1) is 19.5. The highest BCUT2D eigenvalue weighted by Crippen LogP contribution is 2.70. The third-order valence-electron chi connectivity index (χ3n) is 13.6. The number of fused-ring (bicyclic) bond motifs is 7. The van der Waals surface area contributed by atoms with Gasteiger partial charge in [-0.15, -0.1) is 12.4 Å². The molecule has 4 aliphatic carbocycles. The summed E-state index contributed by atoms with van der Waals surface area (Å²) in [6.45, 7) is 10.2. The van der Waals surface area contributed by atoms with Gasteiger partial charge in [-0.1, -0.05) is 39.3 Å². The second kappa shape index (κ2) is 11.2. The highest BCUT2D eigenvalue weighted by Gasteiger charge is 2.68. The highest BCUT2D eigenvalue weighted by atomic mass is 35.5. The van der Waals surface area contributed by atoms with E-state index in [0.29, 0.717) is 47.0 Å². The van der Waals surface area contributed by atoms with Gasteiger partial charge in [-0.2, -0.15) is 0 Å². The Morgan fingerprint density at radius 2 is 1.83 bits per heavy atom. The number of hydrogen-bond donors (Lipinski definition) is 4. The van der Waals surface area contributed by atoms with Gasteiger partial charge in [0, 0.05) is 12.3 Å². The second-order valence-corrected chi connectivity index (χ2v) is 15.6. The molecule has 7 rings (SSSR count). The van der Waals surface area contributed by atoms with Crippen LogP contribution in [0.5, 0.6) is 0 Å². The van der Waals surface area contributed by atoms with Crippen molar-refractivity contribution in [1.82, 2.24) is 0 Å². The summed E-state index contributed by atoms with van der Waals surface area (Å²) in [5.74, 6) is 3.38. The summed E-state index contributed by atoms with van der Waals surface area (Å²) in [4.78, 5) is 0. The Bertz CT molecular complexity index is 1030. The third-order valence-corrected chi connectivity index (χ3v) is 13.6. The van der Waals surface area contributed by atoms with Crippen LogP contribution in [0.1, 0.15) is 85.5 Å². The number of ether oxygens (including phenoxy) is 4. The van der Waals surface area contributed by atoms with Gasteiger partial charge in [0.05, 0.1) is 31.5 Å². The van der Waals surface area contributed by atoms with E-state index in [0.717, 1.165) is 38.7 Å². The molecule has 0 radical (unpaired) electrons. The van der Waals surface area contributed by atoms with Crippen molar-refractivity contribution in [3.63, 3.8) is 0 Å². The number of aliphatic hydroxyl groups excluding tert-OH is 3. The molecule has 240 valence electrons. The summed E-state index contributed by atoms with van der Waals surface area (Å²) in [5, 5.41) is 30.1. The van der Waals surface area contributed by atoms with Crippen molar-refractivity contribution >= 4 is 12.4 Å². The summed E-state index contributed by atoms with van der Waals surface area (Å²) in [7, 11) is 0. The van der Waals surface area contributed by atoms with Crippen molar-refractivity contribution in [3.05, 3.63) is 11.6 Å². The van der Waals surface area contributed by atoms with Crippen molar-refractivity contribution in [2.75, 3.05) is 13.2 Å². The van der Waals surface area contributed by atoms with Gasteiger partial charge >= 0.3 is 0 Å². The largest absolute Gasteiger partial charge is 0.394 e. The first-order valence-electron chi connectivity index (χ1n) is 16.6. The standard InChI is InChI=1S/C33H53NO7.ClH/c1-17-7-12-33(38-16-17)18(2)26-24(41-33)14-23-21-6-5-19-13-20(8-10-31(19,3)22(21)9-11-32(23,26)4)39-30-27(34)29(37)28(36)25(15-35)40-30;/h5,17-18,20-30,35-37H,6-16,34H2,1-4H3;1H/t17-,18+,20+,21?,22?,23?,24+,25-,26?,27-,28-,29-,30-,31+,32+,33-;/m1./s1. The second-order valence-electron chi connectivity index (χ2n) is 15.6. The Balaban J connectivity index is 0.00000316. The minimum absolute atomic E-state index is 0. The predicted molar refractivity (Wildman–Crippen MR) is 160 cm³/mol. The van der Waals surface area contributed by atoms with Gasteiger partial charge in [0.2, 0.25) is 0 Å². The van der Waals surface area contributed by atoms with Gasteiger partial charge in [-0.05, 0) is 91.8 Å². The Morgan fingerprint density at radius 1 is 1.05 bits per heavy atom. The molecule has 0 amide bonds. The molecule has 3 saturated heterocycles. The molecule has 3 saturated carbocycles. The van der Waals surface area contributed by atoms with E-state index in [-0.39, 0.29) is 36.3 Å². The van der Waals surface area contributed by atoms with Gasteiger partial charge in [0.25, 0.3) is 0 Å². The van der Waals surface area contributed by atoms with E-state index in [1.165, 1.54) is 31.3 Å². The minimum Gasteiger partial charge on any atom is -0.394 e. The molecule has 0 bridgehead atoms. The summed E-state index contributed by atoms with van der Waals surface area (Å²) in [6.07, 6.45) is 8.60. The van der Waals surface area contributed by atoms with Gasteiger partial charge < -0.3 is 40.0 Å². The quantitative estimate of drug-likeness (QED) is 0.354. The SMILES string of the molecule is C[C@@H]1CC[C@@]2(OC1)O[C@H]1CC3C4CC=C5C[C@@H](O[C@@H]6O[C@H](CO)[C@@H](O)[C@H](O)[C@H]6N)CC[C@]5(C)C4CC[C@]3(C)C1[C@@H]2C.Cl. The number of rotatable bonds is 3. The van der Waals surface area contributed by atoms with Crippen molar-refractivity contribution < 1.29 is 34.3 Å². The first-order valence-corrected chi connectivity index (χ1v) is 16.6. The van der Waals surface area contributed by atoms with Crippen LogP contribution in [0.2, 0.25) is 0 Å². The van der Waals surface area contributed by atoms with E-state index < -0.39 is 30.6 Å². The number of halogens is 1. The fraction of sp³-hybridized carbons (Fsp3) is 0.939. The molecule has 42 heavy (non-hydrogen) atoms. The zero-order valence-corrected chi connectivity index (χ0v) is 26.6. The zero-order chi connectivity index (χ0) is 28.9. The van der Waals surface area contributed by atoms with Crippen LogP contribution in [-0.4, -0.2) is 77.2 Å². The average molecular weight is 612 g/mol. The molecule has 6 fully saturated rings. The average Bonchev–Trinajstić information content (AvgIpc) is 3.40. The van der Waals surface area contributed by atoms with Crippen LogP contribution in [0.25, 0.3) is 0 Å². The van der Waals surface area contributed by atoms with Crippen molar-refractivity contribution in [2.24, 2.45) is 52.1 Å². The van der Waals surface area contributed by atoms with Crippen LogP contribution >= 0.6 is 12.4 Å². The number of hydrogen-bond acceptors (Lipinski definition) is 8. The fourth-order valence-electron chi connectivity index (χ4n) is 11.2.